The van der Waals surface area contributed by atoms with Gasteiger partial charge in [-0.1, -0.05) is 0 Å². The Balaban J connectivity index is 2.08. The van der Waals surface area contributed by atoms with Gasteiger partial charge in [-0.3, -0.25) is 0 Å². The maximum atomic E-state index is 12.1. The zero-order chi connectivity index (χ0) is 15.4. The highest BCUT2D eigenvalue weighted by Gasteiger charge is 2.28. The van der Waals surface area contributed by atoms with Crippen molar-refractivity contribution in [3.05, 3.63) is 12.3 Å². The molecule has 0 aliphatic carbocycles. The van der Waals surface area contributed by atoms with Crippen LogP contribution in [0.1, 0.15) is 12.8 Å². The number of hydrogen-bond donors (Lipinski definition) is 0. The zero-order valence-corrected chi connectivity index (χ0v) is 13.1. The van der Waals surface area contributed by atoms with Gasteiger partial charge < -0.3 is 19.4 Å². The number of carbonyl (C=O) groups is 1. The van der Waals surface area contributed by atoms with Crippen molar-refractivity contribution < 1.29 is 9.53 Å². The fourth-order valence-electron chi connectivity index (χ4n) is 2.52. The molecule has 1 aromatic rings. The van der Waals surface area contributed by atoms with Crippen molar-refractivity contribution >= 4 is 12.0 Å². The maximum absolute atomic E-state index is 12.1. The first-order chi connectivity index (χ1) is 10.0. The van der Waals surface area contributed by atoms with E-state index in [1.54, 1.807) is 43.3 Å². The van der Waals surface area contributed by atoms with Gasteiger partial charge in [-0.2, -0.15) is 4.98 Å². The number of hydrogen-bond acceptors (Lipinski definition) is 5. The van der Waals surface area contributed by atoms with Gasteiger partial charge >= 0.3 is 6.03 Å². The quantitative estimate of drug-likeness (QED) is 0.834. The third-order valence-electron chi connectivity index (χ3n) is 3.74. The normalized spacial score (nSPS) is 18.3. The number of piperidine rings is 1. The number of rotatable bonds is 3. The van der Waals surface area contributed by atoms with Gasteiger partial charge in [0.15, 0.2) is 0 Å². The Morgan fingerprint density at radius 2 is 2.19 bits per heavy atom. The van der Waals surface area contributed by atoms with E-state index in [0.29, 0.717) is 11.8 Å². The van der Waals surface area contributed by atoms with E-state index in [1.807, 2.05) is 7.05 Å². The fourth-order valence-corrected chi connectivity index (χ4v) is 2.52. The van der Waals surface area contributed by atoms with Gasteiger partial charge in [-0.15, -0.1) is 0 Å². The van der Waals surface area contributed by atoms with Gasteiger partial charge in [0, 0.05) is 46.5 Å². The van der Waals surface area contributed by atoms with E-state index in [-0.39, 0.29) is 12.1 Å². The first kappa shape index (κ1) is 15.3. The van der Waals surface area contributed by atoms with Crippen LogP contribution in [0, 0.1) is 0 Å². The van der Waals surface area contributed by atoms with E-state index in [0.717, 1.165) is 25.9 Å². The average Bonchev–Trinajstić information content (AvgIpc) is 2.53. The van der Waals surface area contributed by atoms with Crippen LogP contribution in [0.4, 0.5) is 10.7 Å². The van der Waals surface area contributed by atoms with Crippen LogP contribution in [0.15, 0.2) is 12.3 Å². The Kier molecular flexibility index (Phi) is 4.82. The number of nitrogens with zero attached hydrogens (tertiary/aromatic N) is 5. The van der Waals surface area contributed by atoms with Gasteiger partial charge in [-0.05, 0) is 12.8 Å². The molecule has 0 saturated carbocycles. The maximum Gasteiger partial charge on any atom is 0.319 e. The summed E-state index contributed by atoms with van der Waals surface area (Å²) in [5.41, 5.74) is 0. The molecule has 0 radical (unpaired) electrons. The largest absolute Gasteiger partial charge is 0.481 e. The molecule has 0 aromatic carbocycles. The Morgan fingerprint density at radius 1 is 1.43 bits per heavy atom. The SMILES string of the molecule is COc1ccnc(N2CCCC(N(C)C(=O)N(C)C)C2)n1. The third-order valence-corrected chi connectivity index (χ3v) is 3.74. The van der Waals surface area contributed by atoms with Crippen LogP contribution in [0.3, 0.4) is 0 Å². The van der Waals surface area contributed by atoms with Gasteiger partial charge in [0.2, 0.25) is 11.8 Å². The van der Waals surface area contributed by atoms with Crippen molar-refractivity contribution in [2.24, 2.45) is 0 Å². The molecule has 0 N–H and O–H groups in total. The van der Waals surface area contributed by atoms with Crippen molar-refractivity contribution in [2.75, 3.05) is 46.2 Å². The number of aromatic nitrogens is 2. The van der Waals surface area contributed by atoms with Crippen LogP contribution in [-0.4, -0.2) is 73.2 Å². The molecule has 7 nitrogen and oxygen atoms in total. The van der Waals surface area contributed by atoms with E-state index in [2.05, 4.69) is 14.9 Å². The predicted molar refractivity (Wildman–Crippen MR) is 80.7 cm³/mol. The Labute approximate surface area is 125 Å². The van der Waals surface area contributed by atoms with Crippen LogP contribution < -0.4 is 9.64 Å². The van der Waals surface area contributed by atoms with Gasteiger partial charge in [0.05, 0.1) is 13.2 Å². The van der Waals surface area contributed by atoms with Gasteiger partial charge in [0.25, 0.3) is 0 Å². The Morgan fingerprint density at radius 3 is 2.86 bits per heavy atom. The van der Waals surface area contributed by atoms with E-state index < -0.39 is 0 Å². The lowest BCUT2D eigenvalue weighted by atomic mass is 10.1. The molecule has 2 rings (SSSR count). The smallest absolute Gasteiger partial charge is 0.319 e. The number of carbonyl (C=O) groups excluding carboxylic acids is 1. The summed E-state index contributed by atoms with van der Waals surface area (Å²) in [6, 6.07) is 1.92. The van der Waals surface area contributed by atoms with Crippen LogP contribution in [0.25, 0.3) is 0 Å². The molecule has 1 unspecified atom stereocenters. The monoisotopic (exact) mass is 293 g/mol. The molecule has 7 heteroatoms. The van der Waals surface area contributed by atoms with E-state index in [9.17, 15) is 4.79 Å². The van der Waals surface area contributed by atoms with Gasteiger partial charge in [0.1, 0.15) is 0 Å². The fraction of sp³-hybridized carbons (Fsp3) is 0.643. The van der Waals surface area contributed by atoms with E-state index in [4.69, 9.17) is 4.74 Å². The highest BCUT2D eigenvalue weighted by molar-refractivity contribution is 5.74. The Hall–Kier alpha value is -2.05. The molecule has 1 saturated heterocycles. The summed E-state index contributed by atoms with van der Waals surface area (Å²) in [5, 5.41) is 0. The zero-order valence-electron chi connectivity index (χ0n) is 13.1. The van der Waals surface area contributed by atoms with Gasteiger partial charge in [-0.25, -0.2) is 9.78 Å². The summed E-state index contributed by atoms with van der Waals surface area (Å²) in [7, 11) is 6.98. The first-order valence-corrected chi connectivity index (χ1v) is 7.09. The summed E-state index contributed by atoms with van der Waals surface area (Å²) in [6.45, 7) is 1.64. The van der Waals surface area contributed by atoms with Crippen LogP contribution >= 0.6 is 0 Å². The molecule has 1 aliphatic heterocycles. The molecule has 1 aliphatic rings. The van der Waals surface area contributed by atoms with Crippen molar-refractivity contribution in [3.8, 4) is 5.88 Å². The molecule has 2 amide bonds. The lowest BCUT2D eigenvalue weighted by Crippen LogP contribution is -2.51. The Bertz CT molecular complexity index is 494. The number of ether oxygens (including phenoxy) is 1. The molecule has 2 heterocycles. The topological polar surface area (TPSA) is 61.8 Å². The number of anilines is 1. The molecule has 0 bridgehead atoms. The number of urea groups is 1. The molecule has 1 atom stereocenters. The van der Waals surface area contributed by atoms with Crippen LogP contribution in [0.5, 0.6) is 5.88 Å². The van der Waals surface area contributed by atoms with E-state index >= 15 is 0 Å². The minimum Gasteiger partial charge on any atom is -0.481 e. The molecule has 0 spiro atoms. The molecular weight excluding hydrogens is 270 g/mol. The van der Waals surface area contributed by atoms with Crippen molar-refractivity contribution in [3.63, 3.8) is 0 Å². The third kappa shape index (κ3) is 3.53. The lowest BCUT2D eigenvalue weighted by molar-refractivity contribution is 0.157. The second kappa shape index (κ2) is 6.60. The molecule has 1 fully saturated rings. The second-order valence-corrected chi connectivity index (χ2v) is 5.43. The summed E-state index contributed by atoms with van der Waals surface area (Å²) >= 11 is 0. The molecule has 116 valence electrons. The standard InChI is InChI=1S/C14H23N5O2/c1-17(2)14(20)18(3)11-6-5-9-19(10-11)13-15-8-7-12(16-13)21-4/h7-8,11H,5-6,9-10H2,1-4H3. The lowest BCUT2D eigenvalue weighted by Gasteiger charge is -2.38. The van der Waals surface area contributed by atoms with Crippen molar-refractivity contribution in [2.45, 2.75) is 18.9 Å². The molecule has 1 aromatic heterocycles. The number of amides is 2. The molecule has 21 heavy (non-hydrogen) atoms. The highest BCUT2D eigenvalue weighted by atomic mass is 16.5. The van der Waals surface area contributed by atoms with Crippen molar-refractivity contribution in [1.82, 2.24) is 19.8 Å². The van der Waals surface area contributed by atoms with Crippen LogP contribution in [-0.2, 0) is 0 Å². The summed E-state index contributed by atoms with van der Waals surface area (Å²) in [4.78, 5) is 26.2. The number of methoxy groups -OCH3 is 1. The van der Waals surface area contributed by atoms with E-state index in [1.165, 1.54) is 0 Å². The summed E-state index contributed by atoms with van der Waals surface area (Å²) < 4.78 is 5.14. The highest BCUT2D eigenvalue weighted by Crippen LogP contribution is 2.20. The average molecular weight is 293 g/mol. The predicted octanol–water partition coefficient (Wildman–Crippen LogP) is 1.07. The second-order valence-electron chi connectivity index (χ2n) is 5.43. The first-order valence-electron chi connectivity index (χ1n) is 7.09. The minimum atomic E-state index is 0.0217. The van der Waals surface area contributed by atoms with Crippen molar-refractivity contribution in [1.29, 1.82) is 0 Å². The minimum absolute atomic E-state index is 0.0217. The number of likely N-dealkylation sites (N-methyl/N-ethyl adjacent to an activating group) is 1. The molecular formula is C14H23N5O2. The summed E-state index contributed by atoms with van der Waals surface area (Å²) in [5.74, 6) is 1.21. The van der Waals surface area contributed by atoms with Crippen LogP contribution in [0.2, 0.25) is 0 Å². The summed E-state index contributed by atoms with van der Waals surface area (Å²) in [6.07, 6.45) is 3.70.